The minimum Gasteiger partial charge on any atom is -0.312 e. The van der Waals surface area contributed by atoms with Crippen molar-refractivity contribution < 1.29 is 0 Å². The number of hydrogen-bond donors (Lipinski definition) is 2. The van der Waals surface area contributed by atoms with Crippen molar-refractivity contribution in [1.82, 2.24) is 20.4 Å². The number of likely N-dealkylation sites (tertiary alicyclic amines) is 1. The Kier molecular flexibility index (Phi) is 5.89. The highest BCUT2D eigenvalue weighted by Crippen LogP contribution is 2.24. The summed E-state index contributed by atoms with van der Waals surface area (Å²) in [6.07, 6.45) is 3.23. The lowest BCUT2D eigenvalue weighted by Crippen LogP contribution is -2.26. The van der Waals surface area contributed by atoms with Crippen LogP contribution in [0.1, 0.15) is 28.7 Å². The van der Waals surface area contributed by atoms with Gasteiger partial charge in [-0.2, -0.15) is 5.10 Å². The summed E-state index contributed by atoms with van der Waals surface area (Å²) in [6, 6.07) is 17.4. The minimum absolute atomic E-state index is 0.723. The van der Waals surface area contributed by atoms with Crippen LogP contribution < -0.4 is 5.32 Å². The largest absolute Gasteiger partial charge is 0.312 e. The minimum atomic E-state index is 0.723. The van der Waals surface area contributed by atoms with Gasteiger partial charge in [0.05, 0.1) is 11.9 Å². The number of H-pyrrole nitrogens is 1. The second kappa shape index (κ2) is 8.72. The van der Waals surface area contributed by atoms with E-state index in [1.807, 2.05) is 6.20 Å². The Morgan fingerprint density at radius 1 is 1.11 bits per heavy atom. The second-order valence-corrected chi connectivity index (χ2v) is 8.08. The first-order valence-electron chi connectivity index (χ1n) is 10.3. The average molecular weight is 375 g/mol. The monoisotopic (exact) mass is 374 g/mol. The van der Waals surface area contributed by atoms with Gasteiger partial charge in [0, 0.05) is 30.8 Å². The molecule has 2 N–H and O–H groups in total. The number of benzene rings is 2. The number of nitrogens with zero attached hydrogens (tertiary/aromatic N) is 2. The number of nitrogens with one attached hydrogen (secondary N) is 2. The molecule has 2 aromatic carbocycles. The molecular weight excluding hydrogens is 344 g/mol. The zero-order chi connectivity index (χ0) is 19.3. The van der Waals surface area contributed by atoms with E-state index in [2.05, 4.69) is 82.8 Å². The van der Waals surface area contributed by atoms with Crippen molar-refractivity contribution in [3.05, 3.63) is 77.0 Å². The number of aromatic nitrogens is 2. The summed E-state index contributed by atoms with van der Waals surface area (Å²) in [4.78, 5) is 2.57. The zero-order valence-corrected chi connectivity index (χ0v) is 16.9. The third kappa shape index (κ3) is 4.51. The van der Waals surface area contributed by atoms with E-state index < -0.39 is 0 Å². The van der Waals surface area contributed by atoms with Crippen LogP contribution >= 0.6 is 0 Å². The van der Waals surface area contributed by atoms with Crippen LogP contribution in [0.15, 0.2) is 54.7 Å². The van der Waals surface area contributed by atoms with E-state index in [-0.39, 0.29) is 0 Å². The summed E-state index contributed by atoms with van der Waals surface area (Å²) in [5, 5.41) is 11.1. The van der Waals surface area contributed by atoms with E-state index in [0.29, 0.717) is 0 Å². The van der Waals surface area contributed by atoms with Gasteiger partial charge in [-0.15, -0.1) is 0 Å². The van der Waals surface area contributed by atoms with Crippen LogP contribution in [0.2, 0.25) is 0 Å². The van der Waals surface area contributed by atoms with E-state index in [4.69, 9.17) is 0 Å². The molecule has 4 rings (SSSR count). The van der Waals surface area contributed by atoms with Gasteiger partial charge in [0.15, 0.2) is 0 Å². The Balaban J connectivity index is 1.28. The molecule has 1 aliphatic rings. The zero-order valence-electron chi connectivity index (χ0n) is 16.9. The molecule has 0 unspecified atom stereocenters. The van der Waals surface area contributed by atoms with E-state index in [1.165, 1.54) is 47.3 Å². The smallest absolute Gasteiger partial charge is 0.0695 e. The number of aromatic amines is 1. The highest BCUT2D eigenvalue weighted by atomic mass is 15.1. The number of rotatable bonds is 7. The molecule has 1 aliphatic heterocycles. The molecule has 1 aromatic heterocycles. The third-order valence-corrected chi connectivity index (χ3v) is 5.88. The van der Waals surface area contributed by atoms with Crippen LogP contribution in [0, 0.1) is 19.8 Å². The summed E-state index contributed by atoms with van der Waals surface area (Å²) in [5.74, 6) is 0.723. The van der Waals surface area contributed by atoms with Gasteiger partial charge >= 0.3 is 0 Å². The maximum atomic E-state index is 4.29. The van der Waals surface area contributed by atoms with Crippen LogP contribution in [0.5, 0.6) is 0 Å². The summed E-state index contributed by atoms with van der Waals surface area (Å²) >= 11 is 0. The first-order valence-corrected chi connectivity index (χ1v) is 10.3. The van der Waals surface area contributed by atoms with E-state index >= 15 is 0 Å². The molecule has 0 radical (unpaired) electrons. The predicted octanol–water partition coefficient (Wildman–Crippen LogP) is 4.31. The fourth-order valence-electron chi connectivity index (χ4n) is 4.07. The fraction of sp³-hybridized carbons (Fsp3) is 0.375. The molecule has 0 spiro atoms. The Morgan fingerprint density at radius 2 is 1.96 bits per heavy atom. The highest BCUT2D eigenvalue weighted by Gasteiger charge is 2.22. The summed E-state index contributed by atoms with van der Waals surface area (Å²) in [7, 11) is 0. The lowest BCUT2D eigenvalue weighted by Gasteiger charge is -2.16. The molecular formula is C24H30N4. The average Bonchev–Trinajstić information content (AvgIpc) is 3.35. The van der Waals surface area contributed by atoms with Crippen molar-refractivity contribution in [2.24, 2.45) is 5.92 Å². The summed E-state index contributed by atoms with van der Waals surface area (Å²) in [5.41, 5.74) is 7.63. The van der Waals surface area contributed by atoms with Crippen LogP contribution in [-0.4, -0.2) is 34.7 Å². The number of aryl methyl sites for hydroxylation is 2. The first-order chi connectivity index (χ1) is 13.7. The van der Waals surface area contributed by atoms with Gasteiger partial charge in [-0.3, -0.25) is 10.00 Å². The first kappa shape index (κ1) is 18.9. The quantitative estimate of drug-likeness (QED) is 0.648. The Labute approximate surface area is 168 Å². The van der Waals surface area contributed by atoms with E-state index in [9.17, 15) is 0 Å². The van der Waals surface area contributed by atoms with Gasteiger partial charge in [0.25, 0.3) is 0 Å². The van der Waals surface area contributed by atoms with Gasteiger partial charge < -0.3 is 5.32 Å². The Hall–Kier alpha value is -2.43. The van der Waals surface area contributed by atoms with Crippen molar-refractivity contribution in [3.8, 4) is 11.3 Å². The third-order valence-electron chi connectivity index (χ3n) is 5.88. The Bertz CT molecular complexity index is 900. The van der Waals surface area contributed by atoms with E-state index in [0.717, 1.165) is 31.2 Å². The molecule has 28 heavy (non-hydrogen) atoms. The second-order valence-electron chi connectivity index (χ2n) is 8.08. The van der Waals surface area contributed by atoms with Crippen LogP contribution in [0.25, 0.3) is 11.3 Å². The van der Waals surface area contributed by atoms with Gasteiger partial charge in [-0.1, -0.05) is 42.5 Å². The maximum absolute atomic E-state index is 4.29. The molecule has 0 aliphatic carbocycles. The van der Waals surface area contributed by atoms with Gasteiger partial charge in [0.2, 0.25) is 0 Å². The molecule has 2 heterocycles. The van der Waals surface area contributed by atoms with Crippen LogP contribution in [0.4, 0.5) is 0 Å². The molecule has 146 valence electrons. The van der Waals surface area contributed by atoms with Crippen LogP contribution in [-0.2, 0) is 13.1 Å². The topological polar surface area (TPSA) is 44.0 Å². The lowest BCUT2D eigenvalue weighted by molar-refractivity contribution is 0.314. The molecule has 3 aromatic rings. The molecule has 0 bridgehead atoms. The molecule has 0 amide bonds. The normalized spacial score (nSPS) is 17.3. The maximum Gasteiger partial charge on any atom is 0.0695 e. The van der Waals surface area contributed by atoms with Crippen molar-refractivity contribution in [2.45, 2.75) is 33.4 Å². The summed E-state index contributed by atoms with van der Waals surface area (Å²) in [6.45, 7) is 9.66. The molecule has 4 heteroatoms. The van der Waals surface area contributed by atoms with Gasteiger partial charge in [-0.05, 0) is 62.0 Å². The fourth-order valence-corrected chi connectivity index (χ4v) is 4.07. The molecule has 4 nitrogen and oxygen atoms in total. The van der Waals surface area contributed by atoms with Crippen molar-refractivity contribution >= 4 is 0 Å². The van der Waals surface area contributed by atoms with Crippen molar-refractivity contribution in [3.63, 3.8) is 0 Å². The number of hydrogen-bond acceptors (Lipinski definition) is 3. The van der Waals surface area contributed by atoms with Crippen molar-refractivity contribution in [2.75, 3.05) is 19.6 Å². The highest BCUT2D eigenvalue weighted by molar-refractivity contribution is 5.64. The standard InChI is InChI=1S/C24H30N4/c1-18-8-9-22(12-19(18)2)24-23(15-26-27-24)14-25-13-21-10-11-28(17-21)16-20-6-4-3-5-7-20/h3-9,12,15,21,25H,10-11,13-14,16-17H2,1-2H3,(H,26,27)/t21-/m0/s1. The molecule has 1 saturated heterocycles. The van der Waals surface area contributed by atoms with Crippen LogP contribution in [0.3, 0.4) is 0 Å². The predicted molar refractivity (Wildman–Crippen MR) is 115 cm³/mol. The Morgan fingerprint density at radius 3 is 2.79 bits per heavy atom. The molecule has 0 saturated carbocycles. The van der Waals surface area contributed by atoms with Crippen molar-refractivity contribution in [1.29, 1.82) is 0 Å². The summed E-state index contributed by atoms with van der Waals surface area (Å²) < 4.78 is 0. The van der Waals surface area contributed by atoms with E-state index in [1.54, 1.807) is 0 Å². The SMILES string of the molecule is Cc1ccc(-c2[nH]ncc2CNC[C@@H]2CCN(Cc3ccccc3)C2)cc1C. The van der Waals surface area contributed by atoms with Gasteiger partial charge in [0.1, 0.15) is 0 Å². The molecule has 1 atom stereocenters. The molecule has 1 fully saturated rings. The lowest BCUT2D eigenvalue weighted by atomic mass is 10.0. The van der Waals surface area contributed by atoms with Gasteiger partial charge in [-0.25, -0.2) is 0 Å².